The molecule has 0 aliphatic carbocycles. The van der Waals surface area contributed by atoms with Gasteiger partial charge in [-0.1, -0.05) is 18.2 Å². The van der Waals surface area contributed by atoms with Gasteiger partial charge in [0.1, 0.15) is 0 Å². The first kappa shape index (κ1) is 15.0. The summed E-state index contributed by atoms with van der Waals surface area (Å²) in [6.07, 6.45) is 0.752. The van der Waals surface area contributed by atoms with E-state index in [9.17, 15) is 9.90 Å². The van der Waals surface area contributed by atoms with Crippen molar-refractivity contribution in [3.05, 3.63) is 29.8 Å². The lowest BCUT2D eigenvalue weighted by molar-refractivity contribution is -0.119. The Labute approximate surface area is 120 Å². The Morgan fingerprint density at radius 1 is 1.30 bits per heavy atom. The van der Waals surface area contributed by atoms with Gasteiger partial charge in [-0.25, -0.2) is 0 Å². The highest BCUT2D eigenvalue weighted by atomic mass is 16.3. The van der Waals surface area contributed by atoms with E-state index in [1.54, 1.807) is 4.90 Å². The second-order valence-corrected chi connectivity index (χ2v) is 6.42. The van der Waals surface area contributed by atoms with Crippen molar-refractivity contribution in [2.45, 2.75) is 45.3 Å². The third kappa shape index (κ3) is 3.81. The zero-order chi connectivity index (χ0) is 14.8. The molecule has 0 radical (unpaired) electrons. The van der Waals surface area contributed by atoms with Crippen LogP contribution in [0, 0.1) is 0 Å². The van der Waals surface area contributed by atoms with Gasteiger partial charge in [-0.2, -0.15) is 0 Å². The molecular weight excluding hydrogens is 252 g/mol. The lowest BCUT2D eigenvalue weighted by Crippen LogP contribution is -2.47. The predicted molar refractivity (Wildman–Crippen MR) is 80.9 cm³/mol. The number of carbonyl (C=O) groups is 1. The van der Waals surface area contributed by atoms with Crippen LogP contribution >= 0.6 is 0 Å². The topological polar surface area (TPSA) is 52.6 Å². The van der Waals surface area contributed by atoms with Crippen molar-refractivity contribution >= 4 is 11.6 Å². The first-order valence-corrected chi connectivity index (χ1v) is 7.18. The molecule has 1 aromatic carbocycles. The lowest BCUT2D eigenvalue weighted by atomic mass is 10.0. The highest BCUT2D eigenvalue weighted by Crippen LogP contribution is 2.27. The number of hydrogen-bond acceptors (Lipinski definition) is 3. The van der Waals surface area contributed by atoms with Gasteiger partial charge in [-0.05, 0) is 38.8 Å². The van der Waals surface area contributed by atoms with Crippen molar-refractivity contribution in [3.63, 3.8) is 0 Å². The molecule has 1 amide bonds. The maximum Gasteiger partial charge on any atom is 0.227 e. The van der Waals surface area contributed by atoms with Gasteiger partial charge >= 0.3 is 0 Å². The Morgan fingerprint density at radius 3 is 2.70 bits per heavy atom. The fourth-order valence-corrected chi connectivity index (χ4v) is 2.40. The second-order valence-electron chi connectivity index (χ2n) is 6.42. The number of β-amino-alcohol motifs (C(OH)–C–C–N with tert-alkyl or cyclic N) is 1. The summed E-state index contributed by atoms with van der Waals surface area (Å²) >= 11 is 0. The number of carbonyl (C=O) groups excluding carboxylic acids is 1. The number of nitrogens with one attached hydrogen (secondary N) is 1. The number of aliphatic hydroxyl groups excluding tert-OH is 1. The zero-order valence-corrected chi connectivity index (χ0v) is 12.5. The van der Waals surface area contributed by atoms with Gasteiger partial charge in [0.25, 0.3) is 0 Å². The Kier molecular flexibility index (Phi) is 4.45. The molecular formula is C16H24N2O2. The number of aliphatic hydroxyl groups is 1. The van der Waals surface area contributed by atoms with Gasteiger partial charge in [-0.3, -0.25) is 4.79 Å². The summed E-state index contributed by atoms with van der Waals surface area (Å²) in [6.45, 7) is 7.00. The molecule has 1 aliphatic heterocycles. The number of fused-ring (bicyclic) bond motifs is 1. The van der Waals surface area contributed by atoms with Crippen molar-refractivity contribution in [2.75, 3.05) is 18.0 Å². The second kappa shape index (κ2) is 5.94. The van der Waals surface area contributed by atoms with Crippen LogP contribution in [0.3, 0.4) is 0 Å². The summed E-state index contributed by atoms with van der Waals surface area (Å²) in [5.41, 5.74) is 2.09. The highest BCUT2D eigenvalue weighted by Gasteiger charge is 2.25. The molecule has 20 heavy (non-hydrogen) atoms. The Hall–Kier alpha value is -1.39. The summed E-state index contributed by atoms with van der Waals surface area (Å²) in [7, 11) is 0. The normalized spacial score (nSPS) is 17.0. The molecule has 1 unspecified atom stereocenters. The molecule has 0 bridgehead atoms. The van der Waals surface area contributed by atoms with E-state index in [1.807, 2.05) is 18.2 Å². The number of amides is 1. The molecule has 2 N–H and O–H groups in total. The van der Waals surface area contributed by atoms with Gasteiger partial charge in [-0.15, -0.1) is 0 Å². The number of hydrogen-bond donors (Lipinski definition) is 2. The monoisotopic (exact) mass is 276 g/mol. The molecule has 0 saturated carbocycles. The quantitative estimate of drug-likeness (QED) is 0.880. The van der Waals surface area contributed by atoms with Crippen LogP contribution in [0.4, 0.5) is 5.69 Å². The highest BCUT2D eigenvalue weighted by molar-refractivity contribution is 5.96. The van der Waals surface area contributed by atoms with Crippen molar-refractivity contribution in [2.24, 2.45) is 0 Å². The lowest BCUT2D eigenvalue weighted by Gasteiger charge is -2.32. The third-order valence-electron chi connectivity index (χ3n) is 3.45. The third-order valence-corrected chi connectivity index (χ3v) is 3.45. The van der Waals surface area contributed by atoms with Crippen LogP contribution in [0.2, 0.25) is 0 Å². The molecule has 110 valence electrons. The van der Waals surface area contributed by atoms with Gasteiger partial charge in [0.15, 0.2) is 0 Å². The van der Waals surface area contributed by atoms with E-state index in [1.165, 1.54) is 5.56 Å². The summed E-state index contributed by atoms with van der Waals surface area (Å²) < 4.78 is 0. The Morgan fingerprint density at radius 2 is 2.00 bits per heavy atom. The summed E-state index contributed by atoms with van der Waals surface area (Å²) in [4.78, 5) is 13.8. The number of rotatable bonds is 4. The minimum absolute atomic E-state index is 0.0369. The van der Waals surface area contributed by atoms with Crippen molar-refractivity contribution < 1.29 is 9.90 Å². The summed E-state index contributed by atoms with van der Waals surface area (Å²) in [6, 6.07) is 7.93. The Bertz CT molecular complexity index is 480. The number of benzene rings is 1. The van der Waals surface area contributed by atoms with Crippen LogP contribution in [-0.4, -0.2) is 35.7 Å². The fourth-order valence-electron chi connectivity index (χ4n) is 2.40. The van der Waals surface area contributed by atoms with Crippen molar-refractivity contribution in [1.82, 2.24) is 5.32 Å². The maximum atomic E-state index is 12.1. The molecule has 2 rings (SSSR count). The van der Waals surface area contributed by atoms with E-state index in [-0.39, 0.29) is 11.4 Å². The summed E-state index contributed by atoms with van der Waals surface area (Å²) in [5.74, 6) is 0.0958. The maximum absolute atomic E-state index is 12.1. The van der Waals surface area contributed by atoms with Crippen LogP contribution < -0.4 is 10.2 Å². The van der Waals surface area contributed by atoms with E-state index in [4.69, 9.17) is 0 Å². The van der Waals surface area contributed by atoms with Crippen molar-refractivity contribution in [1.29, 1.82) is 0 Å². The number of para-hydroxylation sites is 1. The number of nitrogens with zero attached hydrogens (tertiary/aromatic N) is 1. The van der Waals surface area contributed by atoms with Crippen molar-refractivity contribution in [3.8, 4) is 0 Å². The Balaban J connectivity index is 2.03. The first-order valence-electron chi connectivity index (χ1n) is 7.18. The molecule has 4 heteroatoms. The molecule has 0 saturated heterocycles. The molecule has 1 atom stereocenters. The fraction of sp³-hybridized carbons (Fsp3) is 0.562. The predicted octanol–water partition coefficient (Wildman–Crippen LogP) is 1.71. The van der Waals surface area contributed by atoms with Crippen LogP contribution in [0.25, 0.3) is 0 Å². The first-order chi connectivity index (χ1) is 9.37. The SMILES string of the molecule is CC(C)(C)NCC(O)CN1C(=O)CCc2ccccc21. The average molecular weight is 276 g/mol. The van der Waals surface area contributed by atoms with Crippen LogP contribution in [-0.2, 0) is 11.2 Å². The van der Waals surface area contributed by atoms with Gasteiger partial charge < -0.3 is 15.3 Å². The van der Waals surface area contributed by atoms with E-state index >= 15 is 0 Å². The average Bonchev–Trinajstić information content (AvgIpc) is 2.39. The molecule has 1 heterocycles. The largest absolute Gasteiger partial charge is 0.390 e. The smallest absolute Gasteiger partial charge is 0.227 e. The van der Waals surface area contributed by atoms with E-state index in [0.717, 1.165) is 12.1 Å². The standard InChI is InChI=1S/C16H24N2O2/c1-16(2,3)17-10-13(19)11-18-14-7-5-4-6-12(14)8-9-15(18)20/h4-7,13,17,19H,8-11H2,1-3H3. The number of aryl methyl sites for hydroxylation is 1. The van der Waals surface area contributed by atoms with Crippen LogP contribution in [0.1, 0.15) is 32.8 Å². The molecule has 4 nitrogen and oxygen atoms in total. The molecule has 0 aromatic heterocycles. The van der Waals surface area contributed by atoms with Gasteiger partial charge in [0.2, 0.25) is 5.91 Å². The molecule has 1 aliphatic rings. The van der Waals surface area contributed by atoms with E-state index < -0.39 is 6.10 Å². The van der Waals surface area contributed by atoms with Gasteiger partial charge in [0, 0.05) is 24.2 Å². The van der Waals surface area contributed by atoms with Gasteiger partial charge in [0.05, 0.1) is 12.6 Å². The van der Waals surface area contributed by atoms with Crippen LogP contribution in [0.15, 0.2) is 24.3 Å². The zero-order valence-electron chi connectivity index (χ0n) is 12.5. The molecule has 0 spiro atoms. The minimum Gasteiger partial charge on any atom is -0.390 e. The summed E-state index contributed by atoms with van der Waals surface area (Å²) in [5, 5.41) is 13.4. The van der Waals surface area contributed by atoms with E-state index in [0.29, 0.717) is 19.5 Å². The molecule has 0 fully saturated rings. The number of anilines is 1. The molecule has 1 aromatic rings. The minimum atomic E-state index is -0.565. The van der Waals surface area contributed by atoms with E-state index in [2.05, 4.69) is 32.2 Å². The van der Waals surface area contributed by atoms with Crippen LogP contribution in [0.5, 0.6) is 0 Å².